The van der Waals surface area contributed by atoms with E-state index in [0.29, 0.717) is 0 Å². The minimum Gasteiger partial charge on any atom is -0.384 e. The van der Waals surface area contributed by atoms with Gasteiger partial charge in [-0.05, 0) is 38.3 Å². The molecule has 0 heterocycles. The van der Waals surface area contributed by atoms with Gasteiger partial charge in [-0.25, -0.2) is 0 Å². The molecule has 0 aromatic carbocycles. The third-order valence-corrected chi connectivity index (χ3v) is 2.42. The molecule has 0 saturated heterocycles. The van der Waals surface area contributed by atoms with E-state index in [1.165, 1.54) is 12.8 Å². The molecular weight excluding hydrogens is 126 g/mol. The van der Waals surface area contributed by atoms with Gasteiger partial charge < -0.3 is 10.1 Å². The van der Waals surface area contributed by atoms with Crippen molar-refractivity contribution in [2.75, 3.05) is 27.3 Å². The van der Waals surface area contributed by atoms with Crippen LogP contribution in [0.1, 0.15) is 12.8 Å². The predicted octanol–water partition coefficient (Wildman–Crippen LogP) is 0.878. The highest BCUT2D eigenvalue weighted by atomic mass is 16.5. The molecule has 0 aromatic heterocycles. The number of rotatable bonds is 4. The first kappa shape index (κ1) is 8.02. The first-order valence-electron chi connectivity index (χ1n) is 4.02. The lowest BCUT2D eigenvalue weighted by Crippen LogP contribution is -2.36. The Morgan fingerprint density at radius 1 is 1.40 bits per heavy atom. The number of hydrogen-bond donors (Lipinski definition) is 1. The number of methoxy groups -OCH3 is 1. The predicted molar refractivity (Wildman–Crippen MR) is 42.0 cm³/mol. The molecule has 1 fully saturated rings. The largest absolute Gasteiger partial charge is 0.384 e. The van der Waals surface area contributed by atoms with Crippen LogP contribution in [0.3, 0.4) is 0 Å². The summed E-state index contributed by atoms with van der Waals surface area (Å²) in [6.07, 6.45) is 2.75. The molecule has 2 nitrogen and oxygen atoms in total. The Hall–Kier alpha value is -0.0800. The SMILES string of the molecule is CNCC1CCC1COC. The molecule has 1 rings (SSSR count). The van der Waals surface area contributed by atoms with Crippen LogP contribution in [0.25, 0.3) is 0 Å². The van der Waals surface area contributed by atoms with Crippen LogP contribution in [-0.4, -0.2) is 27.3 Å². The van der Waals surface area contributed by atoms with Crippen LogP contribution in [0.5, 0.6) is 0 Å². The third-order valence-electron chi connectivity index (χ3n) is 2.42. The average Bonchev–Trinajstić information content (AvgIpc) is 1.93. The fourth-order valence-electron chi connectivity index (χ4n) is 1.60. The Kier molecular flexibility index (Phi) is 3.16. The van der Waals surface area contributed by atoms with E-state index < -0.39 is 0 Å². The van der Waals surface area contributed by atoms with Crippen molar-refractivity contribution >= 4 is 0 Å². The standard InChI is InChI=1S/C8H17NO/c1-9-5-7-3-4-8(7)6-10-2/h7-9H,3-6H2,1-2H3. The van der Waals surface area contributed by atoms with Gasteiger partial charge in [0.2, 0.25) is 0 Å². The van der Waals surface area contributed by atoms with Gasteiger partial charge in [0.1, 0.15) is 0 Å². The number of ether oxygens (including phenoxy) is 1. The Bertz CT molecular complexity index is 83.3. The fraction of sp³-hybridized carbons (Fsp3) is 1.00. The summed E-state index contributed by atoms with van der Waals surface area (Å²) in [6.45, 7) is 2.11. The van der Waals surface area contributed by atoms with Gasteiger partial charge in [-0.1, -0.05) is 0 Å². The molecule has 1 aliphatic rings. The summed E-state index contributed by atoms with van der Waals surface area (Å²) in [7, 11) is 3.80. The Morgan fingerprint density at radius 3 is 2.50 bits per heavy atom. The van der Waals surface area contributed by atoms with Gasteiger partial charge in [-0.2, -0.15) is 0 Å². The van der Waals surface area contributed by atoms with Gasteiger partial charge in [0, 0.05) is 13.7 Å². The van der Waals surface area contributed by atoms with Crippen LogP contribution in [0.15, 0.2) is 0 Å². The minimum absolute atomic E-state index is 0.831. The average molecular weight is 143 g/mol. The minimum atomic E-state index is 0.831. The lowest BCUT2D eigenvalue weighted by atomic mass is 9.74. The third kappa shape index (κ3) is 1.70. The molecule has 0 radical (unpaired) electrons. The second kappa shape index (κ2) is 3.94. The molecule has 1 N–H and O–H groups in total. The second-order valence-electron chi connectivity index (χ2n) is 3.11. The van der Waals surface area contributed by atoms with Gasteiger partial charge in [-0.3, -0.25) is 0 Å². The maximum atomic E-state index is 5.09. The zero-order chi connectivity index (χ0) is 7.40. The molecule has 60 valence electrons. The lowest BCUT2D eigenvalue weighted by Gasteiger charge is -2.35. The van der Waals surface area contributed by atoms with Gasteiger partial charge in [0.25, 0.3) is 0 Å². The summed E-state index contributed by atoms with van der Waals surface area (Å²) in [6, 6.07) is 0. The maximum absolute atomic E-state index is 5.09. The molecule has 1 aliphatic carbocycles. The van der Waals surface area contributed by atoms with Crippen molar-refractivity contribution in [3.05, 3.63) is 0 Å². The van der Waals surface area contributed by atoms with Crippen LogP contribution in [0.4, 0.5) is 0 Å². The Balaban J connectivity index is 2.09. The van der Waals surface area contributed by atoms with E-state index in [1.54, 1.807) is 7.11 Å². The quantitative estimate of drug-likeness (QED) is 0.630. The van der Waals surface area contributed by atoms with Gasteiger partial charge in [0.05, 0.1) is 0 Å². The van der Waals surface area contributed by atoms with E-state index >= 15 is 0 Å². The number of nitrogens with one attached hydrogen (secondary N) is 1. The van der Waals surface area contributed by atoms with Crippen LogP contribution in [0.2, 0.25) is 0 Å². The first-order valence-corrected chi connectivity index (χ1v) is 4.02. The molecule has 2 unspecified atom stereocenters. The molecule has 0 spiro atoms. The Labute approximate surface area is 63.0 Å². The van der Waals surface area contributed by atoms with Crippen LogP contribution >= 0.6 is 0 Å². The first-order chi connectivity index (χ1) is 4.88. The number of hydrogen-bond acceptors (Lipinski definition) is 2. The molecule has 10 heavy (non-hydrogen) atoms. The highest BCUT2D eigenvalue weighted by molar-refractivity contribution is 4.81. The molecule has 0 bridgehead atoms. The van der Waals surface area contributed by atoms with Gasteiger partial charge in [0.15, 0.2) is 0 Å². The molecule has 0 aliphatic heterocycles. The van der Waals surface area contributed by atoms with Crippen LogP contribution in [0, 0.1) is 11.8 Å². The van der Waals surface area contributed by atoms with E-state index in [4.69, 9.17) is 4.74 Å². The molecule has 2 atom stereocenters. The van der Waals surface area contributed by atoms with E-state index in [-0.39, 0.29) is 0 Å². The summed E-state index contributed by atoms with van der Waals surface area (Å²) >= 11 is 0. The summed E-state index contributed by atoms with van der Waals surface area (Å²) in [5.41, 5.74) is 0. The summed E-state index contributed by atoms with van der Waals surface area (Å²) in [5, 5.41) is 3.20. The van der Waals surface area contributed by atoms with Crippen molar-refractivity contribution in [1.82, 2.24) is 5.32 Å². The topological polar surface area (TPSA) is 21.3 Å². The zero-order valence-corrected chi connectivity index (χ0v) is 6.89. The highest BCUT2D eigenvalue weighted by Crippen LogP contribution is 2.33. The summed E-state index contributed by atoms with van der Waals surface area (Å²) in [4.78, 5) is 0. The second-order valence-corrected chi connectivity index (χ2v) is 3.11. The van der Waals surface area contributed by atoms with Crippen molar-refractivity contribution in [1.29, 1.82) is 0 Å². The van der Waals surface area contributed by atoms with Crippen molar-refractivity contribution in [2.24, 2.45) is 11.8 Å². The fourth-order valence-corrected chi connectivity index (χ4v) is 1.60. The molecule has 1 saturated carbocycles. The summed E-state index contributed by atoms with van der Waals surface area (Å²) in [5.74, 6) is 1.71. The van der Waals surface area contributed by atoms with Gasteiger partial charge >= 0.3 is 0 Å². The smallest absolute Gasteiger partial charge is 0.0493 e. The van der Waals surface area contributed by atoms with Crippen molar-refractivity contribution in [3.8, 4) is 0 Å². The molecule has 0 amide bonds. The van der Waals surface area contributed by atoms with E-state index in [9.17, 15) is 0 Å². The van der Waals surface area contributed by atoms with Crippen molar-refractivity contribution in [3.63, 3.8) is 0 Å². The monoisotopic (exact) mass is 143 g/mol. The van der Waals surface area contributed by atoms with Crippen molar-refractivity contribution in [2.45, 2.75) is 12.8 Å². The van der Waals surface area contributed by atoms with Crippen LogP contribution < -0.4 is 5.32 Å². The van der Waals surface area contributed by atoms with Crippen LogP contribution in [-0.2, 0) is 4.74 Å². The molecule has 2 heteroatoms. The van der Waals surface area contributed by atoms with Gasteiger partial charge in [-0.15, -0.1) is 0 Å². The van der Waals surface area contributed by atoms with E-state index in [2.05, 4.69) is 5.32 Å². The van der Waals surface area contributed by atoms with Crippen molar-refractivity contribution < 1.29 is 4.74 Å². The Morgan fingerprint density at radius 2 is 2.10 bits per heavy atom. The molecular formula is C8H17NO. The van der Waals surface area contributed by atoms with E-state index in [0.717, 1.165) is 25.0 Å². The lowest BCUT2D eigenvalue weighted by molar-refractivity contribution is 0.0606. The van der Waals surface area contributed by atoms with E-state index in [1.807, 2.05) is 7.05 Å². The summed E-state index contributed by atoms with van der Waals surface area (Å²) < 4.78 is 5.09. The highest BCUT2D eigenvalue weighted by Gasteiger charge is 2.29. The molecule has 0 aromatic rings. The zero-order valence-electron chi connectivity index (χ0n) is 6.89. The normalized spacial score (nSPS) is 31.8. The maximum Gasteiger partial charge on any atom is 0.0493 e.